The topological polar surface area (TPSA) is 32.7 Å². The van der Waals surface area contributed by atoms with Gasteiger partial charge in [-0.15, -0.1) is 0 Å². The number of hydrogen-bond donors (Lipinski definition) is 1. The van der Waals surface area contributed by atoms with Crippen LogP contribution in [-0.4, -0.2) is 35.8 Å². The molecule has 0 aromatic heterocycles. The van der Waals surface area contributed by atoms with Gasteiger partial charge in [-0.2, -0.15) is 0 Å². The molecule has 3 nitrogen and oxygen atoms in total. The Labute approximate surface area is 117 Å². The van der Waals surface area contributed by atoms with E-state index in [1.165, 1.54) is 6.42 Å². The van der Waals surface area contributed by atoms with Crippen molar-refractivity contribution in [1.29, 1.82) is 0 Å². The van der Waals surface area contributed by atoms with Crippen LogP contribution in [-0.2, 0) is 11.3 Å². The van der Waals surface area contributed by atoms with Crippen molar-refractivity contribution >= 4 is 15.9 Å². The molecule has 1 aliphatic rings. The number of hydrogen-bond acceptors (Lipinski definition) is 3. The summed E-state index contributed by atoms with van der Waals surface area (Å²) in [5.41, 5.74) is 0.962. The maximum absolute atomic E-state index is 9.86. The number of rotatable bonds is 5. The highest BCUT2D eigenvalue weighted by Gasteiger charge is 2.19. The average Bonchev–Trinajstić information content (AvgIpc) is 2.85. The van der Waals surface area contributed by atoms with E-state index in [1.807, 2.05) is 12.1 Å². The Hall–Kier alpha value is -0.580. The van der Waals surface area contributed by atoms with Gasteiger partial charge in [-0.05, 0) is 37.6 Å². The maximum atomic E-state index is 9.86. The molecule has 1 atom stereocenters. The highest BCUT2D eigenvalue weighted by molar-refractivity contribution is 9.10. The second-order valence-electron chi connectivity index (χ2n) is 4.74. The third-order valence-corrected chi connectivity index (χ3v) is 3.86. The standard InChI is InChI=1S/C14H20BrNO2/c1-2-16(10-13-4-3-7-18-13)9-11-8-12(15)5-6-14(11)17/h5-6,8,13,17H,2-4,7,9-10H2,1H3. The number of benzene rings is 1. The van der Waals surface area contributed by atoms with E-state index in [1.54, 1.807) is 6.07 Å². The first-order chi connectivity index (χ1) is 8.69. The lowest BCUT2D eigenvalue weighted by atomic mass is 10.1. The first kappa shape index (κ1) is 13.8. The Morgan fingerprint density at radius 2 is 2.33 bits per heavy atom. The van der Waals surface area contributed by atoms with Crippen molar-refractivity contribution in [2.45, 2.75) is 32.4 Å². The highest BCUT2D eigenvalue weighted by Crippen LogP contribution is 2.24. The number of halogens is 1. The largest absolute Gasteiger partial charge is 0.508 e. The van der Waals surface area contributed by atoms with Crippen LogP contribution in [0.3, 0.4) is 0 Å². The molecule has 0 saturated carbocycles. The molecule has 0 bridgehead atoms. The predicted octanol–water partition coefficient (Wildman–Crippen LogP) is 3.16. The second kappa shape index (κ2) is 6.55. The lowest BCUT2D eigenvalue weighted by Gasteiger charge is -2.24. The van der Waals surface area contributed by atoms with Gasteiger partial charge in [0.2, 0.25) is 0 Å². The number of aromatic hydroxyl groups is 1. The molecule has 1 aliphatic heterocycles. The minimum Gasteiger partial charge on any atom is -0.508 e. The van der Waals surface area contributed by atoms with Crippen LogP contribution in [0, 0.1) is 0 Å². The van der Waals surface area contributed by atoms with Gasteiger partial charge in [-0.25, -0.2) is 0 Å². The van der Waals surface area contributed by atoms with E-state index in [0.29, 0.717) is 11.9 Å². The predicted molar refractivity (Wildman–Crippen MR) is 75.7 cm³/mol. The number of likely N-dealkylation sites (N-methyl/N-ethyl adjacent to an activating group) is 1. The van der Waals surface area contributed by atoms with Crippen molar-refractivity contribution in [3.63, 3.8) is 0 Å². The van der Waals surface area contributed by atoms with Crippen LogP contribution in [0.5, 0.6) is 5.75 Å². The summed E-state index contributed by atoms with van der Waals surface area (Å²) in [4.78, 5) is 2.32. The number of phenolic OH excluding ortho intramolecular Hbond substituents is 1. The molecule has 100 valence electrons. The monoisotopic (exact) mass is 313 g/mol. The third kappa shape index (κ3) is 3.70. The average molecular weight is 314 g/mol. The molecular weight excluding hydrogens is 294 g/mol. The molecule has 4 heteroatoms. The van der Waals surface area contributed by atoms with Crippen molar-refractivity contribution in [2.24, 2.45) is 0 Å². The summed E-state index contributed by atoms with van der Waals surface area (Å²) in [7, 11) is 0. The Balaban J connectivity index is 1.98. The van der Waals surface area contributed by atoms with Gasteiger partial charge in [-0.3, -0.25) is 4.90 Å². The summed E-state index contributed by atoms with van der Waals surface area (Å²) < 4.78 is 6.67. The Bertz CT molecular complexity index is 391. The Morgan fingerprint density at radius 3 is 3.00 bits per heavy atom. The lowest BCUT2D eigenvalue weighted by molar-refractivity contribution is 0.0722. The molecule has 2 rings (SSSR count). The molecule has 1 unspecified atom stereocenters. The van der Waals surface area contributed by atoms with Crippen LogP contribution in [0.2, 0.25) is 0 Å². The smallest absolute Gasteiger partial charge is 0.120 e. The lowest BCUT2D eigenvalue weighted by Crippen LogP contribution is -2.31. The van der Waals surface area contributed by atoms with Gasteiger partial charge in [-0.1, -0.05) is 22.9 Å². The molecule has 0 amide bonds. The molecule has 18 heavy (non-hydrogen) atoms. The van der Waals surface area contributed by atoms with E-state index in [9.17, 15) is 5.11 Å². The summed E-state index contributed by atoms with van der Waals surface area (Å²) in [6, 6.07) is 5.57. The highest BCUT2D eigenvalue weighted by atomic mass is 79.9. The summed E-state index contributed by atoms with van der Waals surface area (Å²) in [6.45, 7) is 5.71. The van der Waals surface area contributed by atoms with Gasteiger partial charge in [0, 0.05) is 29.7 Å². The van der Waals surface area contributed by atoms with Gasteiger partial charge in [0.1, 0.15) is 5.75 Å². The van der Waals surface area contributed by atoms with Crippen molar-refractivity contribution in [1.82, 2.24) is 4.90 Å². The molecule has 1 heterocycles. The summed E-state index contributed by atoms with van der Waals surface area (Å²) >= 11 is 3.44. The van der Waals surface area contributed by atoms with Crippen molar-refractivity contribution < 1.29 is 9.84 Å². The fraction of sp³-hybridized carbons (Fsp3) is 0.571. The zero-order valence-corrected chi connectivity index (χ0v) is 12.3. The normalized spacial score (nSPS) is 19.6. The van der Waals surface area contributed by atoms with Gasteiger partial charge in [0.15, 0.2) is 0 Å². The van der Waals surface area contributed by atoms with Gasteiger partial charge in [0.25, 0.3) is 0 Å². The zero-order chi connectivity index (χ0) is 13.0. The van der Waals surface area contributed by atoms with E-state index in [4.69, 9.17) is 4.74 Å². The number of phenols is 1. The van der Waals surface area contributed by atoms with E-state index in [2.05, 4.69) is 27.8 Å². The summed E-state index contributed by atoms with van der Waals surface area (Å²) in [5, 5.41) is 9.86. The van der Waals surface area contributed by atoms with Gasteiger partial charge >= 0.3 is 0 Å². The molecule has 0 spiro atoms. The molecule has 1 fully saturated rings. The van der Waals surface area contributed by atoms with Crippen LogP contribution >= 0.6 is 15.9 Å². The third-order valence-electron chi connectivity index (χ3n) is 3.37. The minimum atomic E-state index is 0.360. The van der Waals surface area contributed by atoms with Gasteiger partial charge < -0.3 is 9.84 Å². The van der Waals surface area contributed by atoms with E-state index >= 15 is 0 Å². The Kier molecular flexibility index (Phi) is 5.03. The maximum Gasteiger partial charge on any atom is 0.120 e. The Morgan fingerprint density at radius 1 is 1.50 bits per heavy atom. The molecule has 1 saturated heterocycles. The van der Waals surface area contributed by atoms with Crippen LogP contribution in [0.4, 0.5) is 0 Å². The van der Waals surface area contributed by atoms with Crippen molar-refractivity contribution in [3.8, 4) is 5.75 Å². The molecule has 1 aromatic carbocycles. The number of nitrogens with zero attached hydrogens (tertiary/aromatic N) is 1. The second-order valence-corrected chi connectivity index (χ2v) is 5.65. The van der Waals surface area contributed by atoms with Crippen LogP contribution < -0.4 is 0 Å². The fourth-order valence-corrected chi connectivity index (χ4v) is 2.71. The molecule has 1 N–H and O–H groups in total. The molecule has 0 radical (unpaired) electrons. The van der Waals surface area contributed by atoms with Crippen LogP contribution in [0.25, 0.3) is 0 Å². The zero-order valence-electron chi connectivity index (χ0n) is 10.7. The van der Waals surface area contributed by atoms with Crippen LogP contribution in [0.15, 0.2) is 22.7 Å². The van der Waals surface area contributed by atoms with E-state index < -0.39 is 0 Å². The van der Waals surface area contributed by atoms with Crippen LogP contribution in [0.1, 0.15) is 25.3 Å². The summed E-state index contributed by atoms with van der Waals surface area (Å²) in [5.74, 6) is 0.365. The SMILES string of the molecule is CCN(Cc1cc(Br)ccc1O)CC1CCCO1. The van der Waals surface area contributed by atoms with Crippen molar-refractivity contribution in [3.05, 3.63) is 28.2 Å². The van der Waals surface area contributed by atoms with Gasteiger partial charge in [0.05, 0.1) is 6.10 Å². The van der Waals surface area contributed by atoms with E-state index in [0.717, 1.165) is 42.7 Å². The molecule has 1 aromatic rings. The first-order valence-corrected chi connectivity index (χ1v) is 7.29. The molecular formula is C14H20BrNO2. The number of ether oxygens (including phenoxy) is 1. The first-order valence-electron chi connectivity index (χ1n) is 6.50. The fourth-order valence-electron chi connectivity index (χ4n) is 2.30. The summed E-state index contributed by atoms with van der Waals surface area (Å²) in [6.07, 6.45) is 2.69. The minimum absolute atomic E-state index is 0.360. The van der Waals surface area contributed by atoms with E-state index in [-0.39, 0.29) is 0 Å². The molecule has 0 aliphatic carbocycles. The quantitative estimate of drug-likeness (QED) is 0.906. The van der Waals surface area contributed by atoms with Crippen molar-refractivity contribution in [2.75, 3.05) is 19.7 Å².